The maximum atomic E-state index is 11.6. The number of rotatable bonds is 8. The molecule has 0 bridgehead atoms. The average Bonchev–Trinajstić information content (AvgIpc) is 3.02. The van der Waals surface area contributed by atoms with Gasteiger partial charge in [-0.1, -0.05) is 11.8 Å². The lowest BCUT2D eigenvalue weighted by molar-refractivity contribution is -0.121. The fourth-order valence-corrected chi connectivity index (χ4v) is 3.51. The number of amides is 4. The Kier molecular flexibility index (Phi) is 6.14. The number of carbonyl (C=O) groups is 3. The van der Waals surface area contributed by atoms with E-state index in [1.165, 1.54) is 11.8 Å². The number of benzene rings is 1. The molecule has 2 aromatic rings. The summed E-state index contributed by atoms with van der Waals surface area (Å²) in [6, 6.07) is 6.40. The van der Waals surface area contributed by atoms with E-state index in [1.54, 1.807) is 4.57 Å². The first kappa shape index (κ1) is 19.7. The molecule has 10 nitrogen and oxygen atoms in total. The number of primary amides is 1. The molecule has 28 heavy (non-hydrogen) atoms. The number of thioether (sulfide) groups is 1. The summed E-state index contributed by atoms with van der Waals surface area (Å²) in [5.41, 5.74) is 6.01. The molecule has 2 heterocycles. The van der Waals surface area contributed by atoms with Crippen LogP contribution in [0.3, 0.4) is 0 Å². The van der Waals surface area contributed by atoms with Crippen LogP contribution in [0.1, 0.15) is 19.2 Å². The van der Waals surface area contributed by atoms with Crippen molar-refractivity contribution in [2.45, 2.75) is 31.0 Å². The zero-order valence-corrected chi connectivity index (χ0v) is 16.0. The van der Waals surface area contributed by atoms with Crippen molar-refractivity contribution in [3.05, 3.63) is 30.1 Å². The number of urea groups is 1. The van der Waals surface area contributed by atoms with Gasteiger partial charge in [-0.15, -0.1) is 10.2 Å². The molecule has 1 aromatic heterocycles. The van der Waals surface area contributed by atoms with E-state index >= 15 is 0 Å². The van der Waals surface area contributed by atoms with E-state index in [-0.39, 0.29) is 18.1 Å². The number of nitrogens with two attached hydrogens (primary N) is 1. The Bertz CT molecular complexity index is 866. The molecule has 4 N–H and O–H groups in total. The van der Waals surface area contributed by atoms with Crippen LogP contribution in [0, 0.1) is 0 Å². The van der Waals surface area contributed by atoms with Gasteiger partial charge in [0.05, 0.1) is 12.4 Å². The van der Waals surface area contributed by atoms with E-state index in [9.17, 15) is 14.4 Å². The van der Waals surface area contributed by atoms with Crippen LogP contribution in [-0.2, 0) is 16.0 Å². The minimum atomic E-state index is -0.531. The smallest absolute Gasteiger partial charge is 0.321 e. The number of ether oxygens (including phenoxy) is 1. The Morgan fingerprint density at radius 1 is 1.32 bits per heavy atom. The average molecular weight is 404 g/mol. The molecular formula is C17H20N6O4S. The first-order valence-corrected chi connectivity index (χ1v) is 9.63. The molecule has 1 atom stereocenters. The van der Waals surface area contributed by atoms with Gasteiger partial charge in [0.1, 0.15) is 11.6 Å². The molecule has 0 saturated carbocycles. The van der Waals surface area contributed by atoms with Gasteiger partial charge in [-0.3, -0.25) is 19.5 Å². The predicted octanol–water partition coefficient (Wildman–Crippen LogP) is 0.384. The molecule has 0 radical (unpaired) electrons. The molecule has 1 aliphatic heterocycles. The molecule has 4 amide bonds. The van der Waals surface area contributed by atoms with Gasteiger partial charge in [0.2, 0.25) is 11.8 Å². The molecule has 11 heteroatoms. The van der Waals surface area contributed by atoms with Gasteiger partial charge in [0.15, 0.2) is 5.16 Å². The highest BCUT2D eigenvalue weighted by Crippen LogP contribution is 2.24. The summed E-state index contributed by atoms with van der Waals surface area (Å²) in [6.45, 7) is 2.46. The number of hydrogen-bond acceptors (Lipinski definition) is 7. The summed E-state index contributed by atoms with van der Waals surface area (Å²) in [5, 5.41) is 13.7. The van der Waals surface area contributed by atoms with Gasteiger partial charge in [-0.25, -0.2) is 4.79 Å². The van der Waals surface area contributed by atoms with Crippen LogP contribution in [0.4, 0.5) is 4.79 Å². The summed E-state index contributed by atoms with van der Waals surface area (Å²) < 4.78 is 7.24. The summed E-state index contributed by atoms with van der Waals surface area (Å²) in [6.07, 6.45) is 0.447. The monoisotopic (exact) mass is 404 g/mol. The lowest BCUT2D eigenvalue weighted by atomic mass is 10.1. The second kappa shape index (κ2) is 8.74. The van der Waals surface area contributed by atoms with Crippen LogP contribution in [-0.4, -0.2) is 51.0 Å². The normalized spacial score (nSPS) is 16.4. The third kappa shape index (κ3) is 4.80. The number of nitrogens with zero attached hydrogens (tertiary/aromatic N) is 3. The SMILES string of the molecule is CCOc1ccc(-n2c(CC3CC(=O)NC(=O)N3)nnc2SCC(N)=O)cc1. The van der Waals surface area contributed by atoms with E-state index in [1.807, 2.05) is 31.2 Å². The molecular weight excluding hydrogens is 384 g/mol. The van der Waals surface area contributed by atoms with Crippen LogP contribution in [0.25, 0.3) is 5.69 Å². The van der Waals surface area contributed by atoms with E-state index in [2.05, 4.69) is 20.8 Å². The second-order valence-electron chi connectivity index (χ2n) is 6.04. The van der Waals surface area contributed by atoms with Crippen molar-refractivity contribution < 1.29 is 19.1 Å². The number of nitrogens with one attached hydrogen (secondary N) is 2. The van der Waals surface area contributed by atoms with Gasteiger partial charge in [0.25, 0.3) is 0 Å². The Morgan fingerprint density at radius 2 is 2.07 bits per heavy atom. The molecule has 3 rings (SSSR count). The highest BCUT2D eigenvalue weighted by Gasteiger charge is 2.26. The van der Waals surface area contributed by atoms with E-state index in [4.69, 9.17) is 10.5 Å². The summed E-state index contributed by atoms with van der Waals surface area (Å²) in [4.78, 5) is 34.4. The second-order valence-corrected chi connectivity index (χ2v) is 6.99. The van der Waals surface area contributed by atoms with Crippen molar-refractivity contribution in [1.82, 2.24) is 25.4 Å². The molecule has 148 valence electrons. The topological polar surface area (TPSA) is 141 Å². The highest BCUT2D eigenvalue weighted by molar-refractivity contribution is 7.99. The van der Waals surface area contributed by atoms with Crippen LogP contribution in [0.15, 0.2) is 29.4 Å². The van der Waals surface area contributed by atoms with Crippen molar-refractivity contribution in [3.8, 4) is 11.4 Å². The first-order chi connectivity index (χ1) is 13.5. The summed E-state index contributed by atoms with van der Waals surface area (Å²) in [5.74, 6) is 0.519. The van der Waals surface area contributed by atoms with Gasteiger partial charge in [-0.05, 0) is 31.2 Å². The number of carbonyl (C=O) groups excluding carboxylic acids is 3. The van der Waals surface area contributed by atoms with E-state index in [0.717, 1.165) is 11.4 Å². The third-order valence-electron chi connectivity index (χ3n) is 3.90. The zero-order chi connectivity index (χ0) is 20.1. The Morgan fingerprint density at radius 3 is 2.71 bits per heavy atom. The number of imide groups is 1. The molecule has 0 aliphatic carbocycles. The third-order valence-corrected chi connectivity index (χ3v) is 4.85. The fourth-order valence-electron chi connectivity index (χ4n) is 2.80. The number of aromatic nitrogens is 3. The molecule has 1 unspecified atom stereocenters. The van der Waals surface area contributed by atoms with Gasteiger partial charge in [0, 0.05) is 24.6 Å². The molecule has 0 spiro atoms. The van der Waals surface area contributed by atoms with Gasteiger partial charge < -0.3 is 15.8 Å². The summed E-state index contributed by atoms with van der Waals surface area (Å²) >= 11 is 1.17. The maximum absolute atomic E-state index is 11.6. The summed E-state index contributed by atoms with van der Waals surface area (Å²) in [7, 11) is 0. The molecule has 1 fully saturated rings. The van der Waals surface area contributed by atoms with Crippen molar-refractivity contribution in [3.63, 3.8) is 0 Å². The van der Waals surface area contributed by atoms with Crippen molar-refractivity contribution in [2.24, 2.45) is 5.73 Å². The van der Waals surface area contributed by atoms with Crippen molar-refractivity contribution in [2.75, 3.05) is 12.4 Å². The largest absolute Gasteiger partial charge is 0.494 e. The van der Waals surface area contributed by atoms with Crippen LogP contribution < -0.4 is 21.1 Å². The quantitative estimate of drug-likeness (QED) is 0.540. The van der Waals surface area contributed by atoms with Gasteiger partial charge in [-0.2, -0.15) is 0 Å². The molecule has 1 aliphatic rings. The lowest BCUT2D eigenvalue weighted by Gasteiger charge is -2.23. The predicted molar refractivity (Wildman–Crippen MR) is 101 cm³/mol. The van der Waals surface area contributed by atoms with Crippen molar-refractivity contribution >= 4 is 29.6 Å². The van der Waals surface area contributed by atoms with Crippen LogP contribution >= 0.6 is 11.8 Å². The minimum absolute atomic E-state index is 0.0533. The van der Waals surface area contributed by atoms with Crippen LogP contribution in [0.2, 0.25) is 0 Å². The first-order valence-electron chi connectivity index (χ1n) is 8.65. The lowest BCUT2D eigenvalue weighted by Crippen LogP contribution is -2.53. The molecule has 1 aromatic carbocycles. The Hall–Kier alpha value is -3.08. The minimum Gasteiger partial charge on any atom is -0.494 e. The highest BCUT2D eigenvalue weighted by atomic mass is 32.2. The fraction of sp³-hybridized carbons (Fsp3) is 0.353. The Balaban J connectivity index is 1.89. The number of hydrogen-bond donors (Lipinski definition) is 3. The zero-order valence-electron chi connectivity index (χ0n) is 15.2. The van der Waals surface area contributed by atoms with E-state index < -0.39 is 18.0 Å². The Labute approximate surface area is 165 Å². The standard InChI is InChI=1S/C17H20N6O4S/c1-2-27-12-5-3-11(4-6-12)23-14(21-22-17(23)28-9-13(18)24)7-10-8-15(25)20-16(26)19-10/h3-6,10H,2,7-9H2,1H3,(H2,18,24)(H2,19,20,25,26). The van der Waals surface area contributed by atoms with Crippen LogP contribution in [0.5, 0.6) is 5.75 Å². The maximum Gasteiger partial charge on any atom is 0.321 e. The van der Waals surface area contributed by atoms with Gasteiger partial charge >= 0.3 is 6.03 Å². The molecule has 1 saturated heterocycles. The van der Waals surface area contributed by atoms with E-state index in [0.29, 0.717) is 24.0 Å². The van der Waals surface area contributed by atoms with Crippen molar-refractivity contribution in [1.29, 1.82) is 0 Å².